The number of aromatic nitrogens is 1. The van der Waals surface area contributed by atoms with Crippen molar-refractivity contribution >= 4 is 27.6 Å². The minimum Gasteiger partial charge on any atom is -0.465 e. The number of aromatic amines is 1. The number of carbonyl (C=O) groups is 1. The third-order valence-corrected chi connectivity index (χ3v) is 2.99. The van der Waals surface area contributed by atoms with E-state index in [4.69, 9.17) is 4.74 Å². The molecule has 3 rings (SSSR count). The molecule has 0 aliphatic carbocycles. The lowest BCUT2D eigenvalue weighted by atomic mass is 10.1. The van der Waals surface area contributed by atoms with Crippen LogP contribution in [0, 0.1) is 0 Å². The second kappa shape index (κ2) is 3.63. The summed E-state index contributed by atoms with van der Waals surface area (Å²) in [5.74, 6) is -0.313. The lowest BCUT2D eigenvalue weighted by Crippen LogP contribution is -1.99. The number of methoxy groups -OCH3 is 1. The molecule has 3 nitrogen and oxygen atoms in total. The Hall–Kier alpha value is -2.29. The maximum Gasteiger partial charge on any atom is 0.340 e. The van der Waals surface area contributed by atoms with Gasteiger partial charge in [-0.2, -0.15) is 0 Å². The Kier molecular flexibility index (Phi) is 2.11. The Morgan fingerprint density at radius 1 is 1.12 bits per heavy atom. The maximum absolute atomic E-state index is 11.6. The van der Waals surface area contributed by atoms with Gasteiger partial charge in [-0.1, -0.05) is 36.4 Å². The second-order valence-corrected chi connectivity index (χ2v) is 3.90. The van der Waals surface area contributed by atoms with Gasteiger partial charge in [0.1, 0.15) is 0 Å². The van der Waals surface area contributed by atoms with Crippen LogP contribution < -0.4 is 0 Å². The Morgan fingerprint density at radius 3 is 2.76 bits per heavy atom. The van der Waals surface area contributed by atoms with E-state index in [9.17, 15) is 4.79 Å². The van der Waals surface area contributed by atoms with E-state index in [1.807, 2.05) is 36.4 Å². The molecule has 17 heavy (non-hydrogen) atoms. The zero-order chi connectivity index (χ0) is 11.8. The molecule has 2 aromatic carbocycles. The van der Waals surface area contributed by atoms with Gasteiger partial charge in [-0.15, -0.1) is 0 Å². The fourth-order valence-electron chi connectivity index (χ4n) is 2.15. The average molecular weight is 225 g/mol. The van der Waals surface area contributed by atoms with Gasteiger partial charge in [0, 0.05) is 17.0 Å². The Balaban J connectivity index is 2.39. The van der Waals surface area contributed by atoms with Gasteiger partial charge in [0.2, 0.25) is 0 Å². The highest BCUT2D eigenvalue weighted by Crippen LogP contribution is 2.27. The van der Waals surface area contributed by atoms with Gasteiger partial charge in [-0.25, -0.2) is 4.79 Å². The summed E-state index contributed by atoms with van der Waals surface area (Å²) in [6.45, 7) is 0. The Morgan fingerprint density at radius 2 is 1.94 bits per heavy atom. The molecule has 0 atom stereocenters. The normalized spacial score (nSPS) is 10.9. The molecule has 0 unspecified atom stereocenters. The summed E-state index contributed by atoms with van der Waals surface area (Å²) in [6.07, 6.45) is 1.70. The zero-order valence-electron chi connectivity index (χ0n) is 9.36. The number of hydrogen-bond acceptors (Lipinski definition) is 2. The Labute approximate surface area is 98.0 Å². The first-order valence-corrected chi connectivity index (χ1v) is 5.38. The van der Waals surface area contributed by atoms with Gasteiger partial charge in [0.15, 0.2) is 0 Å². The topological polar surface area (TPSA) is 42.1 Å². The number of hydrogen-bond donors (Lipinski definition) is 1. The second-order valence-electron chi connectivity index (χ2n) is 3.90. The summed E-state index contributed by atoms with van der Waals surface area (Å²) in [4.78, 5) is 14.7. The van der Waals surface area contributed by atoms with Crippen molar-refractivity contribution in [3.8, 4) is 0 Å². The van der Waals surface area contributed by atoms with Crippen molar-refractivity contribution in [2.24, 2.45) is 0 Å². The number of esters is 1. The lowest BCUT2D eigenvalue weighted by Gasteiger charge is -2.00. The van der Waals surface area contributed by atoms with E-state index < -0.39 is 0 Å². The molecule has 0 saturated carbocycles. The van der Waals surface area contributed by atoms with Crippen LogP contribution in [0.15, 0.2) is 42.6 Å². The van der Waals surface area contributed by atoms with E-state index in [1.54, 1.807) is 6.20 Å². The van der Waals surface area contributed by atoms with Crippen molar-refractivity contribution in [2.75, 3.05) is 7.11 Å². The smallest absolute Gasteiger partial charge is 0.340 e. The van der Waals surface area contributed by atoms with Crippen LogP contribution in [0.25, 0.3) is 21.7 Å². The fourth-order valence-corrected chi connectivity index (χ4v) is 2.15. The summed E-state index contributed by atoms with van der Waals surface area (Å²) < 4.78 is 4.76. The van der Waals surface area contributed by atoms with Crippen LogP contribution in [0.1, 0.15) is 10.4 Å². The highest BCUT2D eigenvalue weighted by Gasteiger charge is 2.13. The molecule has 1 aromatic heterocycles. The van der Waals surface area contributed by atoms with Crippen LogP contribution in [0.2, 0.25) is 0 Å². The van der Waals surface area contributed by atoms with Crippen molar-refractivity contribution in [2.45, 2.75) is 0 Å². The van der Waals surface area contributed by atoms with E-state index in [0.717, 1.165) is 21.7 Å². The van der Waals surface area contributed by atoms with Crippen molar-refractivity contribution < 1.29 is 9.53 Å². The predicted octanol–water partition coefficient (Wildman–Crippen LogP) is 3.11. The number of rotatable bonds is 1. The quantitative estimate of drug-likeness (QED) is 0.646. The van der Waals surface area contributed by atoms with Crippen molar-refractivity contribution in [3.63, 3.8) is 0 Å². The van der Waals surface area contributed by atoms with Crippen LogP contribution in [0.5, 0.6) is 0 Å². The monoisotopic (exact) mass is 225 g/mol. The SMILES string of the molecule is COC(=O)c1c[nH]c2c1ccc1ccccc12. The molecule has 1 heterocycles. The van der Waals surface area contributed by atoms with E-state index in [-0.39, 0.29) is 5.97 Å². The molecule has 1 N–H and O–H groups in total. The van der Waals surface area contributed by atoms with Gasteiger partial charge in [-0.3, -0.25) is 0 Å². The lowest BCUT2D eigenvalue weighted by molar-refractivity contribution is 0.0603. The van der Waals surface area contributed by atoms with Gasteiger partial charge in [0.25, 0.3) is 0 Å². The van der Waals surface area contributed by atoms with Crippen molar-refractivity contribution in [1.29, 1.82) is 0 Å². The van der Waals surface area contributed by atoms with E-state index in [2.05, 4.69) is 4.98 Å². The van der Waals surface area contributed by atoms with Crippen LogP contribution in [-0.2, 0) is 4.74 Å². The van der Waals surface area contributed by atoms with Crippen LogP contribution in [0.3, 0.4) is 0 Å². The van der Waals surface area contributed by atoms with Crippen LogP contribution >= 0.6 is 0 Å². The maximum atomic E-state index is 11.6. The molecular weight excluding hydrogens is 214 g/mol. The molecule has 0 saturated heterocycles. The minimum atomic E-state index is -0.313. The minimum absolute atomic E-state index is 0.313. The molecule has 3 aromatic rings. The molecule has 3 heteroatoms. The summed E-state index contributed by atoms with van der Waals surface area (Å²) in [6, 6.07) is 12.0. The predicted molar refractivity (Wildman–Crippen MR) is 67.1 cm³/mol. The molecule has 0 aliphatic rings. The third-order valence-electron chi connectivity index (χ3n) is 2.99. The van der Waals surface area contributed by atoms with Crippen molar-refractivity contribution in [1.82, 2.24) is 4.98 Å². The molecule has 84 valence electrons. The molecule has 0 amide bonds. The van der Waals surface area contributed by atoms with Gasteiger partial charge < -0.3 is 9.72 Å². The van der Waals surface area contributed by atoms with Gasteiger partial charge >= 0.3 is 5.97 Å². The molecule has 0 bridgehead atoms. The Bertz CT molecular complexity index is 712. The number of benzene rings is 2. The molecular formula is C14H11NO2. The number of nitrogens with one attached hydrogen (secondary N) is 1. The highest BCUT2D eigenvalue weighted by atomic mass is 16.5. The van der Waals surface area contributed by atoms with Gasteiger partial charge in [-0.05, 0) is 5.39 Å². The molecule has 0 fully saturated rings. The first kappa shape index (κ1) is 9.90. The fraction of sp³-hybridized carbons (Fsp3) is 0.0714. The highest BCUT2D eigenvalue weighted by molar-refractivity contribution is 6.13. The molecule has 0 spiro atoms. The molecule has 0 aliphatic heterocycles. The number of H-pyrrole nitrogens is 1. The molecule has 0 radical (unpaired) electrons. The summed E-state index contributed by atoms with van der Waals surface area (Å²) >= 11 is 0. The third kappa shape index (κ3) is 1.40. The average Bonchev–Trinajstić information content (AvgIpc) is 2.82. The van der Waals surface area contributed by atoms with Crippen LogP contribution in [-0.4, -0.2) is 18.1 Å². The van der Waals surface area contributed by atoms with Crippen molar-refractivity contribution in [3.05, 3.63) is 48.2 Å². The van der Waals surface area contributed by atoms with E-state index in [0.29, 0.717) is 5.56 Å². The summed E-state index contributed by atoms with van der Waals surface area (Å²) in [5.41, 5.74) is 1.55. The van der Waals surface area contributed by atoms with E-state index in [1.165, 1.54) is 7.11 Å². The number of ether oxygens (including phenoxy) is 1. The summed E-state index contributed by atoms with van der Waals surface area (Å²) in [7, 11) is 1.39. The first-order valence-electron chi connectivity index (χ1n) is 5.38. The van der Waals surface area contributed by atoms with Crippen LogP contribution in [0.4, 0.5) is 0 Å². The van der Waals surface area contributed by atoms with Gasteiger partial charge in [0.05, 0.1) is 18.2 Å². The first-order chi connectivity index (χ1) is 8.31. The zero-order valence-corrected chi connectivity index (χ0v) is 9.36. The number of fused-ring (bicyclic) bond motifs is 3. The largest absolute Gasteiger partial charge is 0.465 e. The number of carbonyl (C=O) groups excluding carboxylic acids is 1. The standard InChI is InChI=1S/C14H11NO2/c1-17-14(16)12-8-15-13-10-5-3-2-4-9(10)6-7-11(12)13/h2-8,15H,1H3. The summed E-state index contributed by atoms with van der Waals surface area (Å²) in [5, 5.41) is 3.16. The van der Waals surface area contributed by atoms with E-state index >= 15 is 0 Å².